The minimum atomic E-state index is -2.92. The topological polar surface area (TPSA) is 114 Å². The number of aromatic nitrogens is 2. The Kier molecular flexibility index (Phi) is 5.52. The number of alkyl halides is 2. The van der Waals surface area contributed by atoms with Gasteiger partial charge < -0.3 is 27.0 Å². The summed E-state index contributed by atoms with van der Waals surface area (Å²) in [6.07, 6.45) is -0.350. The van der Waals surface area contributed by atoms with E-state index in [9.17, 15) is 18.0 Å². The highest BCUT2D eigenvalue weighted by molar-refractivity contribution is 5.74. The fraction of sp³-hybridized carbons (Fsp3) is 0.400. The minimum absolute atomic E-state index is 0.0397. The minimum Gasteiger partial charge on any atom is -0.394 e. The van der Waals surface area contributed by atoms with Crippen molar-refractivity contribution < 1.29 is 13.2 Å². The molecule has 1 aromatic carbocycles. The quantitative estimate of drug-likeness (QED) is 0.542. The molecular weight excluding hydrogens is 411 g/mol. The van der Waals surface area contributed by atoms with E-state index in [1.807, 2.05) is 4.90 Å². The van der Waals surface area contributed by atoms with Crippen LogP contribution in [0.1, 0.15) is 29.5 Å². The zero-order chi connectivity index (χ0) is 22.3. The SMILES string of the molecule is Cn1nc(NCc2cccc(C(F)F)c2F)c(/C=C(\N)N2CC3CC2CN3)c(N)c1=O. The van der Waals surface area contributed by atoms with Crippen LogP contribution in [0.2, 0.25) is 0 Å². The maximum atomic E-state index is 14.4. The Hall–Kier alpha value is -3.21. The van der Waals surface area contributed by atoms with Gasteiger partial charge in [-0.1, -0.05) is 18.2 Å². The number of nitrogens with one attached hydrogen (secondary N) is 2. The number of fused-ring (bicyclic) bond motifs is 2. The van der Waals surface area contributed by atoms with Crippen LogP contribution in [-0.4, -0.2) is 39.9 Å². The summed E-state index contributed by atoms with van der Waals surface area (Å²) in [6.45, 7) is 1.45. The normalized spacial score (nSPS) is 20.7. The summed E-state index contributed by atoms with van der Waals surface area (Å²) in [5, 5.41) is 10.5. The standard InChI is InChI=1S/C20H24F3N7O/c1-29-20(31)17(25)14(6-15(24)30-9-11-5-12(30)8-26-11)19(28-29)27-7-10-3-2-4-13(16(10)21)18(22)23/h2-4,6,11-12,18,26H,5,7-9,24-25H2,1H3,(H,27,28)/b15-6+. The van der Waals surface area contributed by atoms with E-state index in [0.29, 0.717) is 11.9 Å². The summed E-state index contributed by atoms with van der Waals surface area (Å²) in [6, 6.07) is 4.44. The maximum Gasteiger partial charge on any atom is 0.290 e. The molecule has 2 fully saturated rings. The average Bonchev–Trinajstić information content (AvgIpc) is 3.37. The second-order valence-corrected chi connectivity index (χ2v) is 7.80. The van der Waals surface area contributed by atoms with E-state index in [0.717, 1.165) is 30.3 Å². The lowest BCUT2D eigenvalue weighted by Crippen LogP contribution is -2.44. The largest absolute Gasteiger partial charge is 0.394 e. The van der Waals surface area contributed by atoms with Gasteiger partial charge in [0.25, 0.3) is 12.0 Å². The molecule has 2 aliphatic heterocycles. The van der Waals surface area contributed by atoms with Gasteiger partial charge in [0, 0.05) is 44.3 Å². The monoisotopic (exact) mass is 435 g/mol. The number of halogens is 3. The van der Waals surface area contributed by atoms with E-state index in [4.69, 9.17) is 11.5 Å². The molecule has 0 radical (unpaired) electrons. The lowest BCUT2D eigenvalue weighted by molar-refractivity contribution is 0.146. The van der Waals surface area contributed by atoms with Gasteiger partial charge in [-0.25, -0.2) is 17.9 Å². The molecule has 2 saturated heterocycles. The van der Waals surface area contributed by atoms with Crippen LogP contribution in [0.15, 0.2) is 28.8 Å². The molecule has 166 valence electrons. The summed E-state index contributed by atoms with van der Waals surface area (Å²) in [4.78, 5) is 14.4. The highest BCUT2D eigenvalue weighted by Crippen LogP contribution is 2.29. The molecule has 6 N–H and O–H groups in total. The third kappa shape index (κ3) is 3.92. The van der Waals surface area contributed by atoms with Gasteiger partial charge >= 0.3 is 0 Å². The van der Waals surface area contributed by atoms with Crippen molar-refractivity contribution in [2.24, 2.45) is 12.8 Å². The molecule has 0 amide bonds. The van der Waals surface area contributed by atoms with Crippen LogP contribution in [0.3, 0.4) is 0 Å². The van der Waals surface area contributed by atoms with Crippen molar-refractivity contribution in [2.45, 2.75) is 31.5 Å². The van der Waals surface area contributed by atoms with Crippen LogP contribution in [0, 0.1) is 5.82 Å². The molecule has 3 heterocycles. The van der Waals surface area contributed by atoms with E-state index < -0.39 is 23.4 Å². The number of hydrogen-bond donors (Lipinski definition) is 4. The van der Waals surface area contributed by atoms with Crippen molar-refractivity contribution in [3.8, 4) is 0 Å². The molecule has 0 saturated carbocycles. The van der Waals surface area contributed by atoms with Crippen molar-refractivity contribution in [1.29, 1.82) is 0 Å². The van der Waals surface area contributed by atoms with Crippen LogP contribution in [0.5, 0.6) is 0 Å². The summed E-state index contributed by atoms with van der Waals surface area (Å²) in [5.74, 6) is -0.337. The van der Waals surface area contributed by atoms with Gasteiger partial charge in [-0.05, 0) is 12.5 Å². The third-order valence-electron chi connectivity index (χ3n) is 5.79. The molecule has 2 aromatic rings. The first-order chi connectivity index (χ1) is 14.8. The third-order valence-corrected chi connectivity index (χ3v) is 5.79. The molecule has 8 nitrogen and oxygen atoms in total. The highest BCUT2D eigenvalue weighted by atomic mass is 19.3. The van der Waals surface area contributed by atoms with Gasteiger partial charge in [0.2, 0.25) is 0 Å². The first kappa shape index (κ1) is 21.0. The van der Waals surface area contributed by atoms with Crippen LogP contribution in [0.25, 0.3) is 6.08 Å². The Balaban J connectivity index is 1.65. The number of nitrogens with two attached hydrogens (primary N) is 2. The number of likely N-dealkylation sites (tertiary alicyclic amines) is 1. The first-order valence-corrected chi connectivity index (χ1v) is 9.89. The van der Waals surface area contributed by atoms with Gasteiger partial charge in [0.15, 0.2) is 5.82 Å². The van der Waals surface area contributed by atoms with Crippen molar-refractivity contribution in [2.75, 3.05) is 24.1 Å². The summed E-state index contributed by atoms with van der Waals surface area (Å²) >= 11 is 0. The lowest BCUT2D eigenvalue weighted by atomic mass is 10.1. The fourth-order valence-electron chi connectivity index (χ4n) is 4.13. The van der Waals surface area contributed by atoms with Crippen LogP contribution < -0.4 is 27.7 Å². The second-order valence-electron chi connectivity index (χ2n) is 7.80. The maximum absolute atomic E-state index is 14.4. The van der Waals surface area contributed by atoms with E-state index in [2.05, 4.69) is 15.7 Å². The summed E-state index contributed by atoms with van der Waals surface area (Å²) < 4.78 is 41.4. The first-order valence-electron chi connectivity index (χ1n) is 9.89. The van der Waals surface area contributed by atoms with E-state index in [1.165, 1.54) is 19.2 Å². The number of benzene rings is 1. The number of nitrogen functional groups attached to an aromatic ring is 1. The van der Waals surface area contributed by atoms with Gasteiger partial charge in [-0.2, -0.15) is 5.10 Å². The smallest absolute Gasteiger partial charge is 0.290 e. The van der Waals surface area contributed by atoms with E-state index in [1.54, 1.807) is 6.08 Å². The van der Waals surface area contributed by atoms with Crippen LogP contribution in [-0.2, 0) is 13.6 Å². The lowest BCUT2D eigenvalue weighted by Gasteiger charge is -2.29. The number of rotatable bonds is 6. The average molecular weight is 435 g/mol. The summed E-state index contributed by atoms with van der Waals surface area (Å²) in [5.41, 5.74) is 11.4. The van der Waals surface area contributed by atoms with Crippen LogP contribution in [0.4, 0.5) is 24.7 Å². The molecule has 2 atom stereocenters. The predicted molar refractivity (Wildman–Crippen MR) is 112 cm³/mol. The molecule has 0 aliphatic carbocycles. The molecule has 11 heteroatoms. The second kappa shape index (κ2) is 8.14. The van der Waals surface area contributed by atoms with Crippen molar-refractivity contribution in [3.63, 3.8) is 0 Å². The number of nitrogens with zero attached hydrogens (tertiary/aromatic N) is 3. The fourth-order valence-corrected chi connectivity index (χ4v) is 4.13. The Morgan fingerprint density at radius 1 is 1.45 bits per heavy atom. The van der Waals surface area contributed by atoms with Gasteiger partial charge in [0.1, 0.15) is 11.5 Å². The van der Waals surface area contributed by atoms with Gasteiger partial charge in [-0.15, -0.1) is 0 Å². The number of anilines is 2. The highest BCUT2D eigenvalue weighted by Gasteiger charge is 2.38. The molecule has 2 aliphatic rings. The van der Waals surface area contributed by atoms with E-state index >= 15 is 0 Å². The number of hydrogen-bond acceptors (Lipinski definition) is 7. The van der Waals surface area contributed by atoms with Crippen molar-refractivity contribution >= 4 is 17.6 Å². The zero-order valence-electron chi connectivity index (χ0n) is 16.9. The Bertz CT molecular complexity index is 1090. The Morgan fingerprint density at radius 3 is 2.87 bits per heavy atom. The van der Waals surface area contributed by atoms with E-state index in [-0.39, 0.29) is 35.2 Å². The zero-order valence-corrected chi connectivity index (χ0v) is 16.9. The summed E-state index contributed by atoms with van der Waals surface area (Å²) in [7, 11) is 1.43. The van der Waals surface area contributed by atoms with Gasteiger partial charge in [0.05, 0.1) is 16.9 Å². The molecule has 31 heavy (non-hydrogen) atoms. The van der Waals surface area contributed by atoms with Crippen molar-refractivity contribution in [1.82, 2.24) is 20.0 Å². The molecule has 4 rings (SSSR count). The van der Waals surface area contributed by atoms with Crippen LogP contribution >= 0.6 is 0 Å². The number of piperazine rings is 1. The predicted octanol–water partition coefficient (Wildman–Crippen LogP) is 1.35. The molecule has 0 spiro atoms. The molecule has 2 unspecified atom stereocenters. The Morgan fingerprint density at radius 2 is 2.23 bits per heavy atom. The van der Waals surface area contributed by atoms with Gasteiger partial charge in [-0.3, -0.25) is 4.79 Å². The Labute approximate surface area is 176 Å². The number of aryl methyl sites for hydroxylation is 1. The molecule has 1 aromatic heterocycles. The molecule has 2 bridgehead atoms. The molecular formula is C20H24F3N7O. The van der Waals surface area contributed by atoms with Crippen molar-refractivity contribution in [3.05, 3.63) is 56.9 Å².